The molecule has 2 N–H and O–H groups in total. The molecule has 0 heterocycles. The molecule has 0 spiro atoms. The van der Waals surface area contributed by atoms with Gasteiger partial charge < -0.3 is 10.6 Å². The predicted molar refractivity (Wildman–Crippen MR) is 86.0 cm³/mol. The standard InChI is InChI=1S/C18H32N2O/c1-19-16-8-10-17(11-9-16)20-18(21)15-7-6-13-4-2-3-5-14(13)12-15/h13-17,19H,2-12H2,1H3,(H,20,21). The number of amides is 1. The molecule has 3 fully saturated rings. The van der Waals surface area contributed by atoms with Gasteiger partial charge in [0, 0.05) is 18.0 Å². The minimum absolute atomic E-state index is 0.311. The van der Waals surface area contributed by atoms with E-state index in [2.05, 4.69) is 10.6 Å². The maximum atomic E-state index is 12.6. The molecular formula is C18H32N2O. The maximum absolute atomic E-state index is 12.6. The van der Waals surface area contributed by atoms with E-state index in [-0.39, 0.29) is 0 Å². The van der Waals surface area contributed by atoms with Gasteiger partial charge in [0.25, 0.3) is 0 Å². The minimum Gasteiger partial charge on any atom is -0.353 e. The number of rotatable bonds is 3. The van der Waals surface area contributed by atoms with Gasteiger partial charge in [-0.3, -0.25) is 4.79 Å². The fourth-order valence-corrected chi connectivity index (χ4v) is 4.96. The SMILES string of the molecule is CNC1CCC(NC(=O)C2CCC3CCCCC3C2)CC1. The van der Waals surface area contributed by atoms with Crippen molar-refractivity contribution in [1.82, 2.24) is 10.6 Å². The molecule has 21 heavy (non-hydrogen) atoms. The summed E-state index contributed by atoms with van der Waals surface area (Å²) in [5, 5.41) is 6.72. The summed E-state index contributed by atoms with van der Waals surface area (Å²) in [4.78, 5) is 12.6. The molecule has 0 aliphatic heterocycles. The van der Waals surface area contributed by atoms with E-state index in [0.717, 1.165) is 31.1 Å². The molecule has 0 saturated heterocycles. The molecule has 3 heteroatoms. The molecular weight excluding hydrogens is 260 g/mol. The van der Waals surface area contributed by atoms with E-state index >= 15 is 0 Å². The summed E-state index contributed by atoms with van der Waals surface area (Å²) >= 11 is 0. The lowest BCUT2D eigenvalue weighted by molar-refractivity contribution is -0.128. The van der Waals surface area contributed by atoms with Gasteiger partial charge in [-0.1, -0.05) is 25.7 Å². The molecule has 120 valence electrons. The summed E-state index contributed by atoms with van der Waals surface area (Å²) < 4.78 is 0. The number of nitrogens with one attached hydrogen (secondary N) is 2. The van der Waals surface area contributed by atoms with Crippen LogP contribution in [0.25, 0.3) is 0 Å². The Balaban J connectivity index is 1.45. The molecule has 0 bridgehead atoms. The second kappa shape index (κ2) is 7.13. The van der Waals surface area contributed by atoms with Crippen molar-refractivity contribution in [2.24, 2.45) is 17.8 Å². The highest BCUT2D eigenvalue weighted by Crippen LogP contribution is 2.42. The molecule has 0 aromatic heterocycles. The lowest BCUT2D eigenvalue weighted by Gasteiger charge is -2.39. The average molecular weight is 292 g/mol. The van der Waals surface area contributed by atoms with Gasteiger partial charge in [0.2, 0.25) is 5.91 Å². The fraction of sp³-hybridized carbons (Fsp3) is 0.944. The second-order valence-electron chi connectivity index (χ2n) is 7.66. The number of carbonyl (C=O) groups is 1. The maximum Gasteiger partial charge on any atom is 0.223 e. The Bertz CT molecular complexity index is 349. The molecule has 3 aliphatic rings. The molecule has 3 atom stereocenters. The summed E-state index contributed by atoms with van der Waals surface area (Å²) in [6.07, 6.45) is 13.9. The van der Waals surface area contributed by atoms with Crippen LogP contribution >= 0.6 is 0 Å². The van der Waals surface area contributed by atoms with Crippen molar-refractivity contribution in [1.29, 1.82) is 0 Å². The Labute approximate surface area is 129 Å². The lowest BCUT2D eigenvalue weighted by atomic mass is 9.67. The Morgan fingerprint density at radius 3 is 2.19 bits per heavy atom. The Hall–Kier alpha value is -0.570. The van der Waals surface area contributed by atoms with Crippen molar-refractivity contribution in [3.05, 3.63) is 0 Å². The zero-order chi connectivity index (χ0) is 14.7. The summed E-state index contributed by atoms with van der Waals surface area (Å²) in [5.74, 6) is 2.47. The highest BCUT2D eigenvalue weighted by atomic mass is 16.1. The summed E-state index contributed by atoms with van der Waals surface area (Å²) in [6.45, 7) is 0. The topological polar surface area (TPSA) is 41.1 Å². The van der Waals surface area contributed by atoms with Crippen LogP contribution in [0, 0.1) is 17.8 Å². The Morgan fingerprint density at radius 2 is 1.48 bits per heavy atom. The molecule has 0 radical (unpaired) electrons. The predicted octanol–water partition coefficient (Wildman–Crippen LogP) is 3.24. The molecule has 3 saturated carbocycles. The van der Waals surface area contributed by atoms with Crippen molar-refractivity contribution in [3.8, 4) is 0 Å². The van der Waals surface area contributed by atoms with E-state index in [9.17, 15) is 4.79 Å². The number of carbonyl (C=O) groups excluding carboxylic acids is 1. The Morgan fingerprint density at radius 1 is 0.810 bits per heavy atom. The molecule has 3 unspecified atom stereocenters. The number of fused-ring (bicyclic) bond motifs is 1. The van der Waals surface area contributed by atoms with Crippen LogP contribution in [0.5, 0.6) is 0 Å². The minimum atomic E-state index is 0.311. The van der Waals surface area contributed by atoms with Gasteiger partial charge in [0.05, 0.1) is 0 Å². The van der Waals surface area contributed by atoms with Crippen LogP contribution in [0.15, 0.2) is 0 Å². The van der Waals surface area contributed by atoms with Gasteiger partial charge in [0.15, 0.2) is 0 Å². The van der Waals surface area contributed by atoms with Crippen molar-refractivity contribution in [3.63, 3.8) is 0 Å². The molecule has 0 aromatic carbocycles. The number of hydrogen-bond donors (Lipinski definition) is 2. The molecule has 0 aromatic rings. The monoisotopic (exact) mass is 292 g/mol. The lowest BCUT2D eigenvalue weighted by Crippen LogP contribution is -2.45. The third-order valence-electron chi connectivity index (χ3n) is 6.39. The van der Waals surface area contributed by atoms with Gasteiger partial charge in [-0.15, -0.1) is 0 Å². The summed E-state index contributed by atoms with van der Waals surface area (Å²) in [7, 11) is 2.05. The fourth-order valence-electron chi connectivity index (χ4n) is 4.96. The van der Waals surface area contributed by atoms with Gasteiger partial charge in [-0.25, -0.2) is 0 Å². The average Bonchev–Trinajstić information content (AvgIpc) is 2.55. The van der Waals surface area contributed by atoms with Crippen molar-refractivity contribution in [2.45, 2.75) is 82.7 Å². The van der Waals surface area contributed by atoms with E-state index in [1.165, 1.54) is 51.4 Å². The largest absolute Gasteiger partial charge is 0.353 e. The van der Waals surface area contributed by atoms with E-state index in [4.69, 9.17) is 0 Å². The first kappa shape index (κ1) is 15.3. The van der Waals surface area contributed by atoms with Gasteiger partial charge in [-0.2, -0.15) is 0 Å². The van der Waals surface area contributed by atoms with E-state index in [0.29, 0.717) is 23.9 Å². The summed E-state index contributed by atoms with van der Waals surface area (Å²) in [5.41, 5.74) is 0. The van der Waals surface area contributed by atoms with Crippen LogP contribution in [-0.2, 0) is 4.79 Å². The van der Waals surface area contributed by atoms with E-state index < -0.39 is 0 Å². The van der Waals surface area contributed by atoms with Crippen molar-refractivity contribution < 1.29 is 4.79 Å². The van der Waals surface area contributed by atoms with Gasteiger partial charge >= 0.3 is 0 Å². The smallest absolute Gasteiger partial charge is 0.223 e. The van der Waals surface area contributed by atoms with Gasteiger partial charge in [0.1, 0.15) is 0 Å². The highest BCUT2D eigenvalue weighted by Gasteiger charge is 2.35. The number of hydrogen-bond acceptors (Lipinski definition) is 2. The van der Waals surface area contributed by atoms with E-state index in [1.54, 1.807) is 0 Å². The molecule has 1 amide bonds. The third kappa shape index (κ3) is 3.80. The second-order valence-corrected chi connectivity index (χ2v) is 7.66. The van der Waals surface area contributed by atoms with Crippen LogP contribution in [0.3, 0.4) is 0 Å². The third-order valence-corrected chi connectivity index (χ3v) is 6.39. The highest BCUT2D eigenvalue weighted by molar-refractivity contribution is 5.79. The van der Waals surface area contributed by atoms with Crippen molar-refractivity contribution >= 4 is 5.91 Å². The van der Waals surface area contributed by atoms with Crippen LogP contribution in [0.1, 0.15) is 70.6 Å². The van der Waals surface area contributed by atoms with Crippen LogP contribution in [0.2, 0.25) is 0 Å². The van der Waals surface area contributed by atoms with Crippen LogP contribution in [-0.4, -0.2) is 25.0 Å². The first-order valence-corrected chi connectivity index (χ1v) is 9.24. The quantitative estimate of drug-likeness (QED) is 0.838. The normalized spacial score (nSPS) is 40.3. The zero-order valence-electron chi connectivity index (χ0n) is 13.6. The van der Waals surface area contributed by atoms with Crippen LogP contribution < -0.4 is 10.6 Å². The van der Waals surface area contributed by atoms with Gasteiger partial charge in [-0.05, 0) is 63.8 Å². The first-order valence-electron chi connectivity index (χ1n) is 9.24. The first-order chi connectivity index (χ1) is 10.3. The Kier molecular flexibility index (Phi) is 5.20. The molecule has 3 rings (SSSR count). The van der Waals surface area contributed by atoms with Crippen LogP contribution in [0.4, 0.5) is 0 Å². The van der Waals surface area contributed by atoms with E-state index in [1.807, 2.05) is 7.05 Å². The molecule has 3 aliphatic carbocycles. The molecule has 3 nitrogen and oxygen atoms in total. The van der Waals surface area contributed by atoms with Crippen molar-refractivity contribution in [2.75, 3.05) is 7.05 Å². The zero-order valence-corrected chi connectivity index (χ0v) is 13.6. The summed E-state index contributed by atoms with van der Waals surface area (Å²) in [6, 6.07) is 1.10.